The van der Waals surface area contributed by atoms with Crippen molar-refractivity contribution < 1.29 is 4.68 Å². The molecule has 4 nitrogen and oxygen atoms in total. The van der Waals surface area contributed by atoms with Crippen LogP contribution >= 0.6 is 27.7 Å². The Labute approximate surface area is 105 Å². The third-order valence-corrected chi connectivity index (χ3v) is 3.79. The lowest BCUT2D eigenvalue weighted by atomic mass is 10.1. The van der Waals surface area contributed by atoms with Crippen LogP contribution in [0.25, 0.3) is 0 Å². The fourth-order valence-electron chi connectivity index (χ4n) is 1.49. The molecule has 2 heterocycles. The molecule has 1 aromatic carbocycles. The first-order valence-electron chi connectivity index (χ1n) is 4.74. The van der Waals surface area contributed by atoms with Crippen LogP contribution in [0.3, 0.4) is 0 Å². The van der Waals surface area contributed by atoms with Gasteiger partial charge in [-0.3, -0.25) is 0 Å². The highest BCUT2D eigenvalue weighted by Gasteiger charge is 2.20. The Hall–Kier alpha value is -1.14. The first kappa shape index (κ1) is 10.0. The van der Waals surface area contributed by atoms with Crippen LogP contribution in [0.2, 0.25) is 0 Å². The zero-order valence-electron chi connectivity index (χ0n) is 8.22. The molecule has 0 amide bonds. The van der Waals surface area contributed by atoms with Crippen molar-refractivity contribution in [3.63, 3.8) is 0 Å². The maximum absolute atomic E-state index is 4.51. The molecule has 0 saturated carbocycles. The molecule has 80 valence electrons. The number of thioether (sulfide) groups is 1. The molecule has 16 heavy (non-hydrogen) atoms. The quantitative estimate of drug-likeness (QED) is 0.816. The smallest absolute Gasteiger partial charge is 0.113 e. The van der Waals surface area contributed by atoms with E-state index in [4.69, 9.17) is 0 Å². The average Bonchev–Trinajstić information content (AvgIpc) is 2.77. The highest BCUT2D eigenvalue weighted by atomic mass is 79.9. The lowest BCUT2D eigenvalue weighted by Crippen LogP contribution is -2.34. The fraction of sp³-hybridized carbons (Fsp3) is 0.100. The summed E-state index contributed by atoms with van der Waals surface area (Å²) in [6.07, 6.45) is 1.68. The highest BCUT2D eigenvalue weighted by Crippen LogP contribution is 2.18. The predicted molar refractivity (Wildman–Crippen MR) is 65.6 cm³/mol. The summed E-state index contributed by atoms with van der Waals surface area (Å²) in [5.41, 5.74) is 2.21. The van der Waals surface area contributed by atoms with E-state index in [1.165, 1.54) is 0 Å². The highest BCUT2D eigenvalue weighted by molar-refractivity contribution is 9.10. The number of H-pyrrole nitrogens is 1. The van der Waals surface area contributed by atoms with Crippen molar-refractivity contribution in [2.24, 2.45) is 5.10 Å². The van der Waals surface area contributed by atoms with Gasteiger partial charge in [-0.15, -0.1) is 10.2 Å². The summed E-state index contributed by atoms with van der Waals surface area (Å²) in [5, 5.41) is 12.3. The Morgan fingerprint density at radius 2 is 2.12 bits per heavy atom. The van der Waals surface area contributed by atoms with Gasteiger partial charge in [-0.25, -0.2) is 0 Å². The van der Waals surface area contributed by atoms with Crippen LogP contribution in [-0.4, -0.2) is 21.7 Å². The van der Waals surface area contributed by atoms with E-state index in [1.54, 1.807) is 22.8 Å². The second-order valence-electron chi connectivity index (χ2n) is 3.35. The number of hydrogen-bond donors (Lipinski definition) is 1. The molecule has 0 aliphatic carbocycles. The largest absolute Gasteiger partial charge is 0.318 e. The molecule has 6 heteroatoms. The van der Waals surface area contributed by atoms with Gasteiger partial charge in [0.1, 0.15) is 0 Å². The van der Waals surface area contributed by atoms with Gasteiger partial charge in [0, 0.05) is 15.1 Å². The molecular weight excluding hydrogens is 288 g/mol. The lowest BCUT2D eigenvalue weighted by molar-refractivity contribution is -0.716. The van der Waals surface area contributed by atoms with Gasteiger partial charge < -0.3 is 0 Å². The maximum atomic E-state index is 4.51. The number of rotatable bonds is 1. The van der Waals surface area contributed by atoms with Gasteiger partial charge in [0.05, 0.1) is 11.5 Å². The molecule has 0 atom stereocenters. The van der Waals surface area contributed by atoms with E-state index in [1.807, 2.05) is 12.1 Å². The monoisotopic (exact) mass is 295 g/mol. The normalized spacial score (nSPS) is 14.4. The summed E-state index contributed by atoms with van der Waals surface area (Å²) < 4.78 is 2.85. The molecule has 2 aromatic rings. The van der Waals surface area contributed by atoms with Crippen molar-refractivity contribution in [3.8, 4) is 0 Å². The Bertz CT molecular complexity index is 546. The van der Waals surface area contributed by atoms with E-state index in [0.717, 1.165) is 26.7 Å². The molecule has 0 spiro atoms. The number of halogens is 1. The molecule has 0 fully saturated rings. The molecule has 1 aliphatic rings. The third-order valence-electron chi connectivity index (χ3n) is 2.29. The number of nitrogens with zero attached hydrogens (tertiary/aromatic N) is 3. The van der Waals surface area contributed by atoms with Crippen molar-refractivity contribution in [1.29, 1.82) is 0 Å². The molecule has 0 saturated heterocycles. The van der Waals surface area contributed by atoms with Crippen molar-refractivity contribution in [2.45, 2.75) is 5.16 Å². The van der Waals surface area contributed by atoms with Gasteiger partial charge in [0.25, 0.3) is 6.33 Å². The minimum absolute atomic E-state index is 0.865. The summed E-state index contributed by atoms with van der Waals surface area (Å²) in [5.74, 6) is 0.865. The molecule has 1 aromatic heterocycles. The van der Waals surface area contributed by atoms with Crippen LogP contribution in [0.5, 0.6) is 0 Å². The standard InChI is InChI=1S/C10H7BrN4S/c11-8-3-1-7(2-4-8)9-5-16-10-13-12-6-15(10)14-9/h1-4,6H,5H2/p+1. The predicted octanol–water partition coefficient (Wildman–Crippen LogP) is 1.82. The molecule has 1 N–H and O–H groups in total. The van der Waals surface area contributed by atoms with E-state index >= 15 is 0 Å². The van der Waals surface area contributed by atoms with Crippen LogP contribution in [0.1, 0.15) is 5.56 Å². The summed E-state index contributed by atoms with van der Waals surface area (Å²) in [7, 11) is 0. The summed E-state index contributed by atoms with van der Waals surface area (Å²) in [6.45, 7) is 0. The van der Waals surface area contributed by atoms with E-state index < -0.39 is 0 Å². The van der Waals surface area contributed by atoms with Crippen molar-refractivity contribution in [1.82, 2.24) is 10.2 Å². The van der Waals surface area contributed by atoms with Crippen LogP contribution in [0, 0.1) is 0 Å². The second kappa shape index (κ2) is 4.03. The number of fused-ring (bicyclic) bond motifs is 1. The zero-order chi connectivity index (χ0) is 11.0. The molecule has 0 radical (unpaired) electrons. The van der Waals surface area contributed by atoms with Crippen molar-refractivity contribution in [3.05, 3.63) is 40.6 Å². The molecule has 1 aliphatic heterocycles. The maximum Gasteiger partial charge on any atom is 0.318 e. The lowest BCUT2D eigenvalue weighted by Gasteiger charge is -2.08. The van der Waals surface area contributed by atoms with Crippen molar-refractivity contribution >= 4 is 33.4 Å². The number of benzene rings is 1. The molecular formula is C10H8BrN4S+. The Kier molecular flexibility index (Phi) is 2.53. The Balaban J connectivity index is 2.00. The van der Waals surface area contributed by atoms with Gasteiger partial charge in [-0.1, -0.05) is 32.7 Å². The van der Waals surface area contributed by atoms with Gasteiger partial charge in [-0.2, -0.15) is 0 Å². The molecule has 0 bridgehead atoms. The zero-order valence-corrected chi connectivity index (χ0v) is 10.6. The molecule has 0 unspecified atom stereocenters. The van der Waals surface area contributed by atoms with E-state index in [2.05, 4.69) is 43.4 Å². The second-order valence-corrected chi connectivity index (χ2v) is 5.23. The minimum atomic E-state index is 0.865. The van der Waals surface area contributed by atoms with Gasteiger partial charge >= 0.3 is 5.16 Å². The van der Waals surface area contributed by atoms with Crippen LogP contribution < -0.4 is 4.68 Å². The number of nitrogens with one attached hydrogen (secondary N) is 1. The topological polar surface area (TPSA) is 44.9 Å². The van der Waals surface area contributed by atoms with Gasteiger partial charge in [0.15, 0.2) is 0 Å². The Morgan fingerprint density at radius 3 is 2.94 bits per heavy atom. The first-order valence-corrected chi connectivity index (χ1v) is 6.52. The average molecular weight is 296 g/mol. The number of aromatic amines is 1. The van der Waals surface area contributed by atoms with E-state index in [9.17, 15) is 0 Å². The van der Waals surface area contributed by atoms with Crippen LogP contribution in [0.4, 0.5) is 0 Å². The summed E-state index contributed by atoms with van der Waals surface area (Å²) >= 11 is 5.13. The molecule has 3 rings (SSSR count). The van der Waals surface area contributed by atoms with E-state index in [-0.39, 0.29) is 0 Å². The minimum Gasteiger partial charge on any atom is -0.113 e. The van der Waals surface area contributed by atoms with Crippen LogP contribution in [-0.2, 0) is 0 Å². The number of hydrogen-bond acceptors (Lipinski definition) is 3. The SMILES string of the molecule is Brc1ccc(C2=N[n+]3cn[nH]c3SC2)cc1. The summed E-state index contributed by atoms with van der Waals surface area (Å²) in [4.78, 5) is 0. The van der Waals surface area contributed by atoms with Gasteiger partial charge in [0.2, 0.25) is 0 Å². The first-order chi connectivity index (χ1) is 7.83. The Morgan fingerprint density at radius 1 is 1.31 bits per heavy atom. The van der Waals surface area contributed by atoms with Crippen LogP contribution in [0.15, 0.2) is 45.3 Å². The summed E-state index contributed by atoms with van der Waals surface area (Å²) in [6, 6.07) is 8.18. The van der Waals surface area contributed by atoms with E-state index in [0.29, 0.717) is 0 Å². The van der Waals surface area contributed by atoms with Crippen molar-refractivity contribution in [2.75, 3.05) is 5.75 Å². The number of aromatic nitrogens is 3. The third kappa shape index (κ3) is 1.78. The fourth-order valence-corrected chi connectivity index (χ4v) is 2.59. The van der Waals surface area contributed by atoms with Gasteiger partial charge in [-0.05, 0) is 23.9 Å².